The lowest BCUT2D eigenvalue weighted by molar-refractivity contribution is 0.251. The summed E-state index contributed by atoms with van der Waals surface area (Å²) in [6.45, 7) is 4.70. The first-order valence-electron chi connectivity index (χ1n) is 7.30. The molecule has 0 saturated heterocycles. The molecule has 124 valence electrons. The van der Waals surface area contributed by atoms with Crippen LogP contribution < -0.4 is 10.6 Å². The van der Waals surface area contributed by atoms with Crippen molar-refractivity contribution >= 4 is 21.7 Å². The lowest BCUT2D eigenvalue weighted by atomic mass is 9.97. The summed E-state index contributed by atoms with van der Waals surface area (Å²) in [6.07, 6.45) is 2.12. The Labute approximate surface area is 132 Å². The molecule has 0 heterocycles. The molecule has 2 N–H and O–H groups in total. The summed E-state index contributed by atoms with van der Waals surface area (Å²) < 4.78 is 23.7. The molecule has 2 amide bonds. The zero-order valence-electron chi connectivity index (χ0n) is 13.6. The van der Waals surface area contributed by atoms with E-state index in [1.807, 2.05) is 24.3 Å². The Balaban J connectivity index is 2.56. The number of carbonyl (C=O) groups excluding carboxylic acids is 1. The minimum absolute atomic E-state index is 0.235. The minimum Gasteiger partial charge on any atom is -0.337 e. The SMILES string of the molecule is CC[C@@H](C)c1ccccc1NC(=O)NCCN(C)S(C)(=O)=O. The molecule has 7 heteroatoms. The van der Waals surface area contributed by atoms with Gasteiger partial charge in [-0.15, -0.1) is 0 Å². The number of hydrogen-bond donors (Lipinski definition) is 2. The van der Waals surface area contributed by atoms with E-state index in [0.29, 0.717) is 5.92 Å². The van der Waals surface area contributed by atoms with Crippen LogP contribution in [0.3, 0.4) is 0 Å². The fraction of sp³-hybridized carbons (Fsp3) is 0.533. The molecule has 0 spiro atoms. The minimum atomic E-state index is -3.22. The van der Waals surface area contributed by atoms with Gasteiger partial charge >= 0.3 is 6.03 Å². The topological polar surface area (TPSA) is 78.5 Å². The summed E-state index contributed by atoms with van der Waals surface area (Å²) in [7, 11) is -1.74. The molecule has 0 aliphatic rings. The molecule has 0 aliphatic heterocycles. The van der Waals surface area contributed by atoms with Gasteiger partial charge in [0.2, 0.25) is 10.0 Å². The molecule has 0 bridgehead atoms. The summed E-state index contributed by atoms with van der Waals surface area (Å²) in [5.41, 5.74) is 1.87. The van der Waals surface area contributed by atoms with Gasteiger partial charge in [-0.2, -0.15) is 0 Å². The van der Waals surface area contributed by atoms with Crippen molar-refractivity contribution in [3.05, 3.63) is 29.8 Å². The number of urea groups is 1. The highest BCUT2D eigenvalue weighted by atomic mass is 32.2. The van der Waals surface area contributed by atoms with E-state index in [4.69, 9.17) is 0 Å². The average Bonchev–Trinajstić information content (AvgIpc) is 2.46. The number of amides is 2. The quantitative estimate of drug-likeness (QED) is 0.806. The highest BCUT2D eigenvalue weighted by Gasteiger charge is 2.12. The van der Waals surface area contributed by atoms with Gasteiger partial charge in [0.1, 0.15) is 0 Å². The van der Waals surface area contributed by atoms with E-state index >= 15 is 0 Å². The molecule has 0 unspecified atom stereocenters. The van der Waals surface area contributed by atoms with Crippen molar-refractivity contribution in [2.45, 2.75) is 26.2 Å². The lowest BCUT2D eigenvalue weighted by Crippen LogP contribution is -2.37. The van der Waals surface area contributed by atoms with E-state index in [0.717, 1.165) is 23.9 Å². The van der Waals surface area contributed by atoms with Crippen LogP contribution in [0.4, 0.5) is 10.5 Å². The zero-order valence-corrected chi connectivity index (χ0v) is 14.4. The second-order valence-corrected chi connectivity index (χ2v) is 7.45. The van der Waals surface area contributed by atoms with Gasteiger partial charge in [0.15, 0.2) is 0 Å². The first-order chi connectivity index (χ1) is 10.3. The number of nitrogens with one attached hydrogen (secondary N) is 2. The van der Waals surface area contributed by atoms with E-state index in [9.17, 15) is 13.2 Å². The molecule has 0 saturated carbocycles. The monoisotopic (exact) mass is 327 g/mol. The number of hydrogen-bond acceptors (Lipinski definition) is 3. The van der Waals surface area contributed by atoms with Crippen LogP contribution in [-0.2, 0) is 10.0 Å². The second-order valence-electron chi connectivity index (χ2n) is 5.36. The van der Waals surface area contributed by atoms with E-state index < -0.39 is 10.0 Å². The fourth-order valence-corrected chi connectivity index (χ4v) is 2.34. The zero-order chi connectivity index (χ0) is 16.8. The maximum Gasteiger partial charge on any atom is 0.319 e. The van der Waals surface area contributed by atoms with Crippen LogP contribution in [0.2, 0.25) is 0 Å². The number of likely N-dealkylation sites (N-methyl/N-ethyl adjacent to an activating group) is 1. The largest absolute Gasteiger partial charge is 0.337 e. The third kappa shape index (κ3) is 5.65. The summed E-state index contributed by atoms with van der Waals surface area (Å²) in [6, 6.07) is 7.35. The predicted octanol–water partition coefficient (Wildman–Crippen LogP) is 2.21. The number of carbonyl (C=O) groups is 1. The highest BCUT2D eigenvalue weighted by Crippen LogP contribution is 2.26. The molecule has 22 heavy (non-hydrogen) atoms. The van der Waals surface area contributed by atoms with E-state index in [1.54, 1.807) is 0 Å². The van der Waals surface area contributed by atoms with Crippen molar-refractivity contribution in [3.63, 3.8) is 0 Å². The molecule has 0 radical (unpaired) electrons. The van der Waals surface area contributed by atoms with Crippen LogP contribution in [0.25, 0.3) is 0 Å². The van der Waals surface area contributed by atoms with Crippen molar-refractivity contribution < 1.29 is 13.2 Å². The van der Waals surface area contributed by atoms with Gasteiger partial charge < -0.3 is 10.6 Å². The number of sulfonamides is 1. The Morgan fingerprint density at radius 1 is 1.32 bits per heavy atom. The molecule has 6 nitrogen and oxygen atoms in total. The third-order valence-corrected chi connectivity index (χ3v) is 4.95. The Hall–Kier alpha value is -1.60. The molecule has 1 atom stereocenters. The van der Waals surface area contributed by atoms with Crippen molar-refractivity contribution in [1.82, 2.24) is 9.62 Å². The first kappa shape index (κ1) is 18.4. The maximum absolute atomic E-state index is 11.9. The third-order valence-electron chi connectivity index (χ3n) is 3.63. The van der Waals surface area contributed by atoms with E-state index in [-0.39, 0.29) is 19.1 Å². The highest BCUT2D eigenvalue weighted by molar-refractivity contribution is 7.88. The normalized spacial score (nSPS) is 13.0. The Kier molecular flexibility index (Phi) is 6.83. The number of para-hydroxylation sites is 1. The summed E-state index contributed by atoms with van der Waals surface area (Å²) in [4.78, 5) is 11.9. The maximum atomic E-state index is 11.9. The van der Waals surface area contributed by atoms with Crippen molar-refractivity contribution in [2.75, 3.05) is 31.7 Å². The summed E-state index contributed by atoms with van der Waals surface area (Å²) in [5.74, 6) is 0.355. The van der Waals surface area contributed by atoms with Gasteiger partial charge in [0, 0.05) is 25.8 Å². The Bertz CT molecular complexity index is 602. The molecular formula is C15H25N3O3S. The lowest BCUT2D eigenvalue weighted by Gasteiger charge is -2.17. The van der Waals surface area contributed by atoms with Gasteiger partial charge in [-0.1, -0.05) is 32.0 Å². The standard InChI is InChI=1S/C15H25N3O3S/c1-5-12(2)13-8-6-7-9-14(13)17-15(19)16-10-11-18(3)22(4,20)21/h6-9,12H,5,10-11H2,1-4H3,(H2,16,17,19)/t12-/m1/s1. The van der Waals surface area contributed by atoms with Crippen molar-refractivity contribution in [2.24, 2.45) is 0 Å². The average molecular weight is 327 g/mol. The number of benzene rings is 1. The number of rotatable bonds is 7. The first-order valence-corrected chi connectivity index (χ1v) is 9.15. The Morgan fingerprint density at radius 3 is 2.55 bits per heavy atom. The molecule has 1 rings (SSSR count). The van der Waals surface area contributed by atoms with Crippen molar-refractivity contribution in [3.8, 4) is 0 Å². The molecule has 0 aromatic heterocycles. The van der Waals surface area contributed by atoms with Gasteiger partial charge in [0.25, 0.3) is 0 Å². The summed E-state index contributed by atoms with van der Waals surface area (Å²) in [5, 5.41) is 5.48. The van der Waals surface area contributed by atoms with Gasteiger partial charge in [-0.25, -0.2) is 17.5 Å². The Morgan fingerprint density at radius 2 is 1.95 bits per heavy atom. The molecule has 1 aromatic rings. The van der Waals surface area contributed by atoms with Crippen LogP contribution in [0.5, 0.6) is 0 Å². The van der Waals surface area contributed by atoms with E-state index in [2.05, 4.69) is 24.5 Å². The van der Waals surface area contributed by atoms with E-state index in [1.165, 1.54) is 11.4 Å². The van der Waals surface area contributed by atoms with Crippen LogP contribution in [0.1, 0.15) is 31.7 Å². The number of nitrogens with zero attached hydrogens (tertiary/aromatic N) is 1. The molecule has 0 aliphatic carbocycles. The van der Waals surface area contributed by atoms with Crippen LogP contribution in [0.15, 0.2) is 24.3 Å². The fourth-order valence-electron chi connectivity index (χ4n) is 1.92. The molecular weight excluding hydrogens is 302 g/mol. The molecule has 1 aromatic carbocycles. The van der Waals surface area contributed by atoms with Crippen molar-refractivity contribution in [1.29, 1.82) is 0 Å². The smallest absolute Gasteiger partial charge is 0.319 e. The van der Waals surface area contributed by atoms with Gasteiger partial charge in [0.05, 0.1) is 6.26 Å². The van der Waals surface area contributed by atoms with Gasteiger partial charge in [-0.05, 0) is 24.0 Å². The van der Waals surface area contributed by atoms with Crippen LogP contribution >= 0.6 is 0 Å². The second kappa shape index (κ2) is 8.14. The van der Waals surface area contributed by atoms with Crippen LogP contribution in [0, 0.1) is 0 Å². The van der Waals surface area contributed by atoms with Gasteiger partial charge in [-0.3, -0.25) is 0 Å². The number of anilines is 1. The molecule has 0 fully saturated rings. The predicted molar refractivity (Wildman–Crippen MR) is 89.6 cm³/mol. The van der Waals surface area contributed by atoms with Crippen LogP contribution in [-0.4, -0.2) is 45.1 Å². The summed E-state index contributed by atoms with van der Waals surface area (Å²) >= 11 is 0.